The lowest BCUT2D eigenvalue weighted by atomic mass is 10.1. The van der Waals surface area contributed by atoms with E-state index in [1.165, 1.54) is 16.1 Å². The molecular formula is C14H14N4O. The summed E-state index contributed by atoms with van der Waals surface area (Å²) >= 11 is 0. The van der Waals surface area contributed by atoms with E-state index in [9.17, 15) is 4.79 Å². The van der Waals surface area contributed by atoms with Crippen LogP contribution in [-0.4, -0.2) is 14.6 Å². The maximum atomic E-state index is 11.9. The zero-order chi connectivity index (χ0) is 13.4. The summed E-state index contributed by atoms with van der Waals surface area (Å²) in [5.41, 5.74) is 8.83. The largest absolute Gasteiger partial charge is 0.384 e. The lowest BCUT2D eigenvalue weighted by Gasteiger charge is -2.02. The van der Waals surface area contributed by atoms with Crippen molar-refractivity contribution in [3.05, 3.63) is 52.3 Å². The molecule has 3 aromatic rings. The number of nitrogen functional groups attached to an aromatic ring is 1. The van der Waals surface area contributed by atoms with Crippen molar-refractivity contribution in [2.45, 2.75) is 13.3 Å². The first-order valence-electron chi connectivity index (χ1n) is 6.15. The van der Waals surface area contributed by atoms with Crippen LogP contribution in [0.25, 0.3) is 16.9 Å². The van der Waals surface area contributed by atoms with Crippen molar-refractivity contribution in [3.8, 4) is 11.3 Å². The van der Waals surface area contributed by atoms with Gasteiger partial charge in [0.15, 0.2) is 5.65 Å². The summed E-state index contributed by atoms with van der Waals surface area (Å²) in [5.74, 6) is 0.420. The standard InChI is InChI=1S/C14H14N4O/c1-2-9-3-5-10(6-4-9)11-7-14(19)18-13(16-11)8-12(15)17-18/h3-8,17H,2,15H2,1H3. The molecule has 96 valence electrons. The molecule has 0 aliphatic carbocycles. The Labute approximate surface area is 109 Å². The van der Waals surface area contributed by atoms with E-state index in [4.69, 9.17) is 5.73 Å². The van der Waals surface area contributed by atoms with Crippen LogP contribution in [0.3, 0.4) is 0 Å². The highest BCUT2D eigenvalue weighted by Gasteiger charge is 2.06. The van der Waals surface area contributed by atoms with E-state index in [-0.39, 0.29) is 5.56 Å². The van der Waals surface area contributed by atoms with Gasteiger partial charge in [-0.05, 0) is 12.0 Å². The molecule has 0 atom stereocenters. The van der Waals surface area contributed by atoms with Crippen LogP contribution in [0.4, 0.5) is 5.82 Å². The number of H-pyrrole nitrogens is 1. The SMILES string of the molecule is CCc1ccc(-c2cc(=O)n3[nH]c(N)cc3n2)cc1. The van der Waals surface area contributed by atoms with Crippen LogP contribution in [0, 0.1) is 0 Å². The van der Waals surface area contributed by atoms with Crippen LogP contribution in [0.15, 0.2) is 41.2 Å². The van der Waals surface area contributed by atoms with Crippen LogP contribution in [0.5, 0.6) is 0 Å². The molecule has 0 aliphatic rings. The van der Waals surface area contributed by atoms with Crippen molar-refractivity contribution in [2.75, 3.05) is 5.73 Å². The van der Waals surface area contributed by atoms with E-state index in [1.54, 1.807) is 6.07 Å². The number of aryl methyl sites for hydroxylation is 1. The molecule has 0 unspecified atom stereocenters. The summed E-state index contributed by atoms with van der Waals surface area (Å²) < 4.78 is 1.33. The molecule has 2 heterocycles. The number of fused-ring (bicyclic) bond motifs is 1. The Morgan fingerprint density at radius 3 is 2.68 bits per heavy atom. The second kappa shape index (κ2) is 4.28. The Bertz CT molecular complexity index is 783. The fraction of sp³-hybridized carbons (Fsp3) is 0.143. The van der Waals surface area contributed by atoms with Crippen molar-refractivity contribution in [3.63, 3.8) is 0 Å². The van der Waals surface area contributed by atoms with E-state index in [1.807, 2.05) is 24.3 Å². The third kappa shape index (κ3) is 1.99. The van der Waals surface area contributed by atoms with E-state index in [2.05, 4.69) is 17.0 Å². The average Bonchev–Trinajstić information content (AvgIpc) is 2.80. The molecule has 0 bridgehead atoms. The zero-order valence-corrected chi connectivity index (χ0v) is 10.6. The second-order valence-electron chi connectivity index (χ2n) is 4.44. The minimum Gasteiger partial charge on any atom is -0.384 e. The molecule has 0 aliphatic heterocycles. The van der Waals surface area contributed by atoms with Gasteiger partial charge in [-0.1, -0.05) is 31.2 Å². The number of anilines is 1. The molecule has 0 saturated carbocycles. The Hall–Kier alpha value is -2.56. The van der Waals surface area contributed by atoms with E-state index >= 15 is 0 Å². The number of nitrogens with two attached hydrogens (primary N) is 1. The number of benzene rings is 1. The second-order valence-corrected chi connectivity index (χ2v) is 4.44. The molecule has 5 heteroatoms. The molecular weight excluding hydrogens is 240 g/mol. The van der Waals surface area contributed by atoms with E-state index in [0.717, 1.165) is 12.0 Å². The lowest BCUT2D eigenvalue weighted by Crippen LogP contribution is -2.14. The normalized spacial score (nSPS) is 11.0. The molecule has 1 aromatic carbocycles. The summed E-state index contributed by atoms with van der Waals surface area (Å²) in [7, 11) is 0. The Morgan fingerprint density at radius 1 is 1.26 bits per heavy atom. The maximum absolute atomic E-state index is 11.9. The molecule has 0 amide bonds. The van der Waals surface area contributed by atoms with Gasteiger partial charge in [0.05, 0.1) is 5.69 Å². The molecule has 0 radical (unpaired) electrons. The summed E-state index contributed by atoms with van der Waals surface area (Å²) in [6, 6.07) is 11.2. The predicted molar refractivity (Wildman–Crippen MR) is 75.0 cm³/mol. The highest BCUT2D eigenvalue weighted by molar-refractivity contribution is 5.62. The van der Waals surface area contributed by atoms with Crippen molar-refractivity contribution in [1.82, 2.24) is 14.6 Å². The molecule has 19 heavy (non-hydrogen) atoms. The summed E-state index contributed by atoms with van der Waals surface area (Å²) in [5, 5.41) is 2.74. The maximum Gasteiger partial charge on any atom is 0.273 e. The van der Waals surface area contributed by atoms with Gasteiger partial charge in [0.25, 0.3) is 5.56 Å². The van der Waals surface area contributed by atoms with Crippen LogP contribution >= 0.6 is 0 Å². The molecule has 2 aromatic heterocycles. The number of hydrogen-bond donors (Lipinski definition) is 2. The first kappa shape index (κ1) is 11.5. The van der Waals surface area contributed by atoms with Gasteiger partial charge in [-0.25, -0.2) is 4.98 Å². The number of nitrogens with zero attached hydrogens (tertiary/aromatic N) is 2. The summed E-state index contributed by atoms with van der Waals surface area (Å²) in [6.45, 7) is 2.11. The fourth-order valence-electron chi connectivity index (χ4n) is 2.07. The number of hydrogen-bond acceptors (Lipinski definition) is 3. The molecule has 0 saturated heterocycles. The van der Waals surface area contributed by atoms with Crippen molar-refractivity contribution in [2.24, 2.45) is 0 Å². The average molecular weight is 254 g/mol. The van der Waals surface area contributed by atoms with Crippen molar-refractivity contribution < 1.29 is 0 Å². The molecule has 3 rings (SSSR count). The minimum absolute atomic E-state index is 0.170. The topological polar surface area (TPSA) is 76.2 Å². The van der Waals surface area contributed by atoms with Crippen LogP contribution in [-0.2, 0) is 6.42 Å². The Morgan fingerprint density at radius 2 is 2.00 bits per heavy atom. The van der Waals surface area contributed by atoms with Gasteiger partial charge in [0.2, 0.25) is 0 Å². The van der Waals surface area contributed by atoms with Gasteiger partial charge in [-0.3, -0.25) is 9.89 Å². The molecule has 0 fully saturated rings. The number of rotatable bonds is 2. The monoisotopic (exact) mass is 254 g/mol. The van der Waals surface area contributed by atoms with E-state index < -0.39 is 0 Å². The number of aromatic amines is 1. The van der Waals surface area contributed by atoms with Gasteiger partial charge in [-0.2, -0.15) is 4.52 Å². The van der Waals surface area contributed by atoms with E-state index in [0.29, 0.717) is 17.2 Å². The first-order chi connectivity index (χ1) is 9.17. The molecule has 0 spiro atoms. The quantitative estimate of drug-likeness (QED) is 0.732. The smallest absolute Gasteiger partial charge is 0.273 e. The van der Waals surface area contributed by atoms with Gasteiger partial charge < -0.3 is 5.73 Å². The van der Waals surface area contributed by atoms with Gasteiger partial charge in [-0.15, -0.1) is 0 Å². The van der Waals surface area contributed by atoms with Gasteiger partial charge in [0.1, 0.15) is 5.82 Å². The molecule has 3 N–H and O–H groups in total. The van der Waals surface area contributed by atoms with Crippen molar-refractivity contribution in [1.29, 1.82) is 0 Å². The van der Waals surface area contributed by atoms with Gasteiger partial charge in [0, 0.05) is 17.7 Å². The number of nitrogens with one attached hydrogen (secondary N) is 1. The predicted octanol–water partition coefficient (Wildman–Crippen LogP) is 1.83. The van der Waals surface area contributed by atoms with Crippen LogP contribution in [0.1, 0.15) is 12.5 Å². The summed E-state index contributed by atoms with van der Waals surface area (Å²) in [6.07, 6.45) is 0.990. The third-order valence-electron chi connectivity index (χ3n) is 3.13. The molecule has 5 nitrogen and oxygen atoms in total. The third-order valence-corrected chi connectivity index (χ3v) is 3.13. The van der Waals surface area contributed by atoms with Crippen LogP contribution in [0.2, 0.25) is 0 Å². The Kier molecular flexibility index (Phi) is 2.59. The zero-order valence-electron chi connectivity index (χ0n) is 10.6. The number of aromatic nitrogens is 3. The van der Waals surface area contributed by atoms with Gasteiger partial charge >= 0.3 is 0 Å². The van der Waals surface area contributed by atoms with Crippen LogP contribution < -0.4 is 11.3 Å². The Balaban J connectivity index is 2.16. The first-order valence-corrected chi connectivity index (χ1v) is 6.15. The minimum atomic E-state index is -0.170. The van der Waals surface area contributed by atoms with Crippen molar-refractivity contribution >= 4 is 11.5 Å². The lowest BCUT2D eigenvalue weighted by molar-refractivity contribution is 0.906. The highest BCUT2D eigenvalue weighted by atomic mass is 16.1. The summed E-state index contributed by atoms with van der Waals surface area (Å²) in [4.78, 5) is 16.4. The highest BCUT2D eigenvalue weighted by Crippen LogP contribution is 2.17. The fourth-order valence-corrected chi connectivity index (χ4v) is 2.07.